The number of H-pyrrole nitrogens is 1. The van der Waals surface area contributed by atoms with Gasteiger partial charge in [-0.2, -0.15) is 13.2 Å². The molecule has 2 N–H and O–H groups in total. The number of fused-ring (bicyclic) bond motifs is 1. The molecule has 0 saturated carbocycles. The second-order valence-electron chi connectivity index (χ2n) is 7.34. The quantitative estimate of drug-likeness (QED) is 0.666. The average molecular weight is 420 g/mol. The van der Waals surface area contributed by atoms with E-state index in [2.05, 4.69) is 15.2 Å². The number of piperazine rings is 1. The van der Waals surface area contributed by atoms with Crippen LogP contribution >= 0.6 is 0 Å². The summed E-state index contributed by atoms with van der Waals surface area (Å²) >= 11 is 0. The molecule has 30 heavy (non-hydrogen) atoms. The molecule has 2 heterocycles. The molecular weight excluding hydrogens is 397 g/mol. The third kappa shape index (κ3) is 4.08. The van der Waals surface area contributed by atoms with Crippen LogP contribution in [-0.4, -0.2) is 47.7 Å². The zero-order valence-electron chi connectivity index (χ0n) is 16.5. The molecule has 160 valence electrons. The molecule has 9 heteroatoms. The predicted octanol–water partition coefficient (Wildman–Crippen LogP) is 3.00. The molecule has 0 aliphatic carbocycles. The van der Waals surface area contributed by atoms with Crippen LogP contribution in [0.25, 0.3) is 11.0 Å². The lowest BCUT2D eigenvalue weighted by molar-refractivity contribution is -0.137. The van der Waals surface area contributed by atoms with Gasteiger partial charge in [-0.1, -0.05) is 12.1 Å². The van der Waals surface area contributed by atoms with E-state index in [1.54, 1.807) is 17.7 Å². The zero-order valence-corrected chi connectivity index (χ0v) is 16.5. The highest BCUT2D eigenvalue weighted by Crippen LogP contribution is 2.31. The summed E-state index contributed by atoms with van der Waals surface area (Å²) in [6.07, 6.45) is -4.35. The average Bonchev–Trinajstić information content (AvgIpc) is 3.06. The maximum Gasteiger partial charge on any atom is 0.416 e. The Kier molecular flexibility index (Phi) is 5.57. The zero-order chi connectivity index (χ0) is 21.3. The molecule has 1 aliphatic heterocycles. The standard InChI is InChI=1S/C21H23F3N4O2/c1-30-16-6-7-17-18(12-16)28(20(29)26-17)11-10-27-9-8-25-13-19(27)14-2-4-15(5-3-14)21(22,23)24/h2-7,12,19,25H,8-11,13H2,1H3,(H,26,29). The summed E-state index contributed by atoms with van der Waals surface area (Å²) < 4.78 is 45.5. The molecule has 4 rings (SSSR count). The highest BCUT2D eigenvalue weighted by molar-refractivity contribution is 5.77. The van der Waals surface area contributed by atoms with Gasteiger partial charge in [0.25, 0.3) is 0 Å². The van der Waals surface area contributed by atoms with Crippen molar-refractivity contribution < 1.29 is 17.9 Å². The third-order valence-electron chi connectivity index (χ3n) is 5.57. The Morgan fingerprint density at radius 1 is 1.13 bits per heavy atom. The van der Waals surface area contributed by atoms with Crippen molar-refractivity contribution in [3.05, 3.63) is 64.1 Å². The van der Waals surface area contributed by atoms with Crippen molar-refractivity contribution in [2.75, 3.05) is 33.3 Å². The van der Waals surface area contributed by atoms with Crippen LogP contribution in [0.15, 0.2) is 47.3 Å². The Morgan fingerprint density at radius 3 is 2.60 bits per heavy atom. The molecule has 1 unspecified atom stereocenters. The number of methoxy groups -OCH3 is 1. The third-order valence-corrected chi connectivity index (χ3v) is 5.57. The van der Waals surface area contributed by atoms with Crippen LogP contribution in [-0.2, 0) is 12.7 Å². The Balaban J connectivity index is 1.54. The van der Waals surface area contributed by atoms with E-state index in [0.29, 0.717) is 25.4 Å². The Morgan fingerprint density at radius 2 is 1.90 bits per heavy atom. The van der Waals surface area contributed by atoms with Crippen LogP contribution in [0.3, 0.4) is 0 Å². The van der Waals surface area contributed by atoms with Crippen LogP contribution in [0.4, 0.5) is 13.2 Å². The topological polar surface area (TPSA) is 62.3 Å². The first-order valence-electron chi connectivity index (χ1n) is 9.75. The van der Waals surface area contributed by atoms with Gasteiger partial charge in [-0.15, -0.1) is 0 Å². The molecule has 1 aliphatic rings. The minimum Gasteiger partial charge on any atom is -0.497 e. The van der Waals surface area contributed by atoms with E-state index in [1.165, 1.54) is 12.1 Å². The predicted molar refractivity (Wildman–Crippen MR) is 108 cm³/mol. The molecule has 1 aromatic heterocycles. The lowest BCUT2D eigenvalue weighted by Gasteiger charge is -2.36. The fraction of sp³-hybridized carbons (Fsp3) is 0.381. The van der Waals surface area contributed by atoms with Crippen LogP contribution in [0.5, 0.6) is 5.75 Å². The molecule has 2 aromatic carbocycles. The lowest BCUT2D eigenvalue weighted by Crippen LogP contribution is -2.47. The molecule has 1 fully saturated rings. The Labute approximate surface area is 171 Å². The van der Waals surface area contributed by atoms with E-state index >= 15 is 0 Å². The highest BCUT2D eigenvalue weighted by Gasteiger charge is 2.31. The monoisotopic (exact) mass is 420 g/mol. The molecule has 0 radical (unpaired) electrons. The Hall–Kier alpha value is -2.78. The van der Waals surface area contributed by atoms with Crippen molar-refractivity contribution in [2.24, 2.45) is 0 Å². The molecular formula is C21H23F3N4O2. The number of rotatable bonds is 5. The summed E-state index contributed by atoms with van der Waals surface area (Å²) in [5.41, 5.74) is 1.48. The number of imidazole rings is 1. The van der Waals surface area contributed by atoms with Crippen molar-refractivity contribution in [3.63, 3.8) is 0 Å². The van der Waals surface area contributed by atoms with Gasteiger partial charge in [0.05, 0.1) is 23.7 Å². The van der Waals surface area contributed by atoms with Crippen LogP contribution in [0, 0.1) is 0 Å². The number of halogens is 3. The summed E-state index contributed by atoms with van der Waals surface area (Å²) in [6.45, 7) is 3.22. The van der Waals surface area contributed by atoms with E-state index in [-0.39, 0.29) is 11.7 Å². The molecule has 6 nitrogen and oxygen atoms in total. The maximum atomic E-state index is 12.9. The molecule has 1 saturated heterocycles. The number of hydrogen-bond acceptors (Lipinski definition) is 4. The van der Waals surface area contributed by atoms with Gasteiger partial charge in [0, 0.05) is 44.8 Å². The van der Waals surface area contributed by atoms with Gasteiger partial charge in [0.15, 0.2) is 0 Å². The van der Waals surface area contributed by atoms with Crippen LogP contribution in [0.1, 0.15) is 17.2 Å². The number of nitrogens with one attached hydrogen (secondary N) is 2. The van der Waals surface area contributed by atoms with Gasteiger partial charge in [-0.05, 0) is 29.8 Å². The number of hydrogen-bond donors (Lipinski definition) is 2. The van der Waals surface area contributed by atoms with Crippen molar-refractivity contribution in [3.8, 4) is 5.75 Å². The van der Waals surface area contributed by atoms with E-state index in [0.717, 1.165) is 41.8 Å². The minimum atomic E-state index is -4.35. The maximum absolute atomic E-state index is 12.9. The Bertz CT molecular complexity index is 1070. The fourth-order valence-electron chi connectivity index (χ4n) is 3.95. The number of nitrogens with zero attached hydrogens (tertiary/aromatic N) is 2. The van der Waals surface area contributed by atoms with E-state index in [1.807, 2.05) is 12.1 Å². The summed E-state index contributed by atoms with van der Waals surface area (Å²) in [4.78, 5) is 17.5. The van der Waals surface area contributed by atoms with Gasteiger partial charge in [0.2, 0.25) is 0 Å². The first kappa shape index (κ1) is 20.5. The molecule has 0 bridgehead atoms. The lowest BCUT2D eigenvalue weighted by atomic mass is 10.0. The number of alkyl halides is 3. The fourth-order valence-corrected chi connectivity index (χ4v) is 3.95. The first-order valence-corrected chi connectivity index (χ1v) is 9.75. The number of aromatic nitrogens is 2. The highest BCUT2D eigenvalue weighted by atomic mass is 19.4. The van der Waals surface area contributed by atoms with Gasteiger partial charge in [0.1, 0.15) is 5.75 Å². The first-order chi connectivity index (χ1) is 14.4. The smallest absolute Gasteiger partial charge is 0.416 e. The summed E-state index contributed by atoms with van der Waals surface area (Å²) in [7, 11) is 1.58. The van der Waals surface area contributed by atoms with Crippen LogP contribution in [0.2, 0.25) is 0 Å². The van der Waals surface area contributed by atoms with Crippen molar-refractivity contribution >= 4 is 11.0 Å². The van der Waals surface area contributed by atoms with Crippen molar-refractivity contribution in [1.82, 2.24) is 19.8 Å². The summed E-state index contributed by atoms with van der Waals surface area (Å²) in [5.74, 6) is 0.667. The van der Waals surface area contributed by atoms with Gasteiger partial charge >= 0.3 is 11.9 Å². The SMILES string of the molecule is COc1ccc2[nH]c(=O)n(CCN3CCNCC3c3ccc(C(F)(F)F)cc3)c2c1. The molecule has 3 aromatic rings. The minimum absolute atomic E-state index is 0.0588. The van der Waals surface area contributed by atoms with E-state index < -0.39 is 11.7 Å². The molecule has 0 amide bonds. The van der Waals surface area contributed by atoms with E-state index in [4.69, 9.17) is 4.74 Å². The number of benzene rings is 2. The normalized spacial score (nSPS) is 18.1. The van der Waals surface area contributed by atoms with E-state index in [9.17, 15) is 18.0 Å². The summed E-state index contributed by atoms with van der Waals surface area (Å²) in [5, 5.41) is 3.30. The van der Waals surface area contributed by atoms with Gasteiger partial charge < -0.3 is 15.0 Å². The summed E-state index contributed by atoms with van der Waals surface area (Å²) in [6, 6.07) is 10.7. The van der Waals surface area contributed by atoms with Gasteiger partial charge in [-0.25, -0.2) is 4.79 Å². The number of aromatic amines is 1. The van der Waals surface area contributed by atoms with Crippen molar-refractivity contribution in [1.29, 1.82) is 0 Å². The second kappa shape index (κ2) is 8.16. The molecule has 1 atom stereocenters. The largest absolute Gasteiger partial charge is 0.497 e. The second-order valence-corrected chi connectivity index (χ2v) is 7.34. The van der Waals surface area contributed by atoms with Gasteiger partial charge in [-0.3, -0.25) is 9.47 Å². The van der Waals surface area contributed by atoms with Crippen molar-refractivity contribution in [2.45, 2.75) is 18.8 Å². The molecule has 0 spiro atoms. The number of ether oxygens (including phenoxy) is 1. The van der Waals surface area contributed by atoms with Crippen LogP contribution < -0.4 is 15.7 Å².